The van der Waals surface area contributed by atoms with Gasteiger partial charge in [-0.1, -0.05) is 51.3 Å². The zero-order valence-corrected chi connectivity index (χ0v) is 25.2. The van der Waals surface area contributed by atoms with Gasteiger partial charge in [0, 0.05) is 5.57 Å². The van der Waals surface area contributed by atoms with E-state index in [2.05, 4.69) is 13.5 Å². The fraction of sp³-hybridized carbons (Fsp3) is 0.343. The van der Waals surface area contributed by atoms with Crippen LogP contribution < -0.4 is 18.9 Å². The minimum Gasteiger partial charge on any atom is -0.493 e. The van der Waals surface area contributed by atoms with Gasteiger partial charge in [0.2, 0.25) is 0 Å². The molecule has 0 spiro atoms. The molecule has 0 aliphatic rings. The molecule has 0 N–H and O–H groups in total. The molecule has 0 bridgehead atoms. The van der Waals surface area contributed by atoms with Crippen LogP contribution in [0.5, 0.6) is 23.0 Å². The molecule has 0 saturated carbocycles. The number of methoxy groups -OCH3 is 1. The van der Waals surface area contributed by atoms with E-state index in [0.717, 1.165) is 50.5 Å². The Hall–Kier alpha value is -4.59. The maximum atomic E-state index is 12.8. The van der Waals surface area contributed by atoms with Crippen molar-refractivity contribution in [3.8, 4) is 23.0 Å². The highest BCUT2D eigenvalue weighted by atomic mass is 16.5. The molecular formula is C35H40O8. The fourth-order valence-electron chi connectivity index (χ4n) is 4.08. The van der Waals surface area contributed by atoms with Gasteiger partial charge in [-0.25, -0.2) is 14.4 Å². The monoisotopic (exact) mass is 588 g/mol. The summed E-state index contributed by atoms with van der Waals surface area (Å²) in [6.07, 6.45) is 6.77. The number of carbonyl (C=O) groups excluding carboxylic acids is 3. The van der Waals surface area contributed by atoms with E-state index in [1.807, 2.05) is 12.1 Å². The lowest BCUT2D eigenvalue weighted by Gasteiger charge is -2.12. The van der Waals surface area contributed by atoms with Crippen molar-refractivity contribution in [3.63, 3.8) is 0 Å². The number of aryl methyl sites for hydroxylation is 1. The van der Waals surface area contributed by atoms with Crippen LogP contribution >= 0.6 is 0 Å². The maximum Gasteiger partial charge on any atom is 0.343 e. The standard InChI is InChI=1S/C35H40O8/c1-5-26-12-17-29(18-13-26)42-34(37)27-14-19-30(20-15-27)43-35(38)28-16-21-31(32(24-28)39-4)40-22-10-8-6-7-9-11-23-41-33(36)25(2)3/h12-21,24H,2,5-11,22-23H2,1,3-4H3. The first kappa shape index (κ1) is 32.9. The molecule has 228 valence electrons. The van der Waals surface area contributed by atoms with Gasteiger partial charge in [-0.15, -0.1) is 0 Å². The summed E-state index contributed by atoms with van der Waals surface area (Å²) in [6.45, 7) is 8.21. The molecule has 0 aromatic heterocycles. The molecule has 0 aliphatic carbocycles. The summed E-state index contributed by atoms with van der Waals surface area (Å²) < 4.78 is 27.3. The number of hydrogen-bond donors (Lipinski definition) is 0. The van der Waals surface area contributed by atoms with Crippen molar-refractivity contribution in [2.45, 2.75) is 58.8 Å². The third kappa shape index (κ3) is 11.0. The Labute approximate surface area is 253 Å². The second kappa shape index (κ2) is 17.4. The summed E-state index contributed by atoms with van der Waals surface area (Å²) in [6, 6.07) is 18.4. The first-order valence-corrected chi connectivity index (χ1v) is 14.6. The minimum atomic E-state index is -0.564. The Kier molecular flexibility index (Phi) is 13.3. The van der Waals surface area contributed by atoms with E-state index in [1.165, 1.54) is 7.11 Å². The zero-order valence-electron chi connectivity index (χ0n) is 25.2. The van der Waals surface area contributed by atoms with Crippen molar-refractivity contribution in [2.75, 3.05) is 20.3 Å². The Bertz CT molecular complexity index is 1360. The average Bonchev–Trinajstić information content (AvgIpc) is 3.02. The molecule has 8 nitrogen and oxygen atoms in total. The molecule has 8 heteroatoms. The van der Waals surface area contributed by atoms with E-state index in [-0.39, 0.29) is 5.97 Å². The third-order valence-corrected chi connectivity index (χ3v) is 6.62. The number of benzene rings is 3. The van der Waals surface area contributed by atoms with Crippen LogP contribution in [0.25, 0.3) is 0 Å². The van der Waals surface area contributed by atoms with Crippen molar-refractivity contribution in [1.29, 1.82) is 0 Å². The molecule has 43 heavy (non-hydrogen) atoms. The Morgan fingerprint density at radius 1 is 0.674 bits per heavy atom. The van der Waals surface area contributed by atoms with E-state index >= 15 is 0 Å². The van der Waals surface area contributed by atoms with Gasteiger partial charge in [0.05, 0.1) is 31.5 Å². The Balaban J connectivity index is 1.40. The molecule has 0 amide bonds. The molecular weight excluding hydrogens is 548 g/mol. The Morgan fingerprint density at radius 2 is 1.21 bits per heavy atom. The molecule has 0 fully saturated rings. The number of unbranched alkanes of at least 4 members (excludes halogenated alkanes) is 5. The lowest BCUT2D eigenvalue weighted by Crippen LogP contribution is -2.10. The number of esters is 3. The van der Waals surface area contributed by atoms with Gasteiger partial charge in [-0.3, -0.25) is 0 Å². The highest BCUT2D eigenvalue weighted by Crippen LogP contribution is 2.29. The predicted octanol–water partition coefficient (Wildman–Crippen LogP) is 7.53. The van der Waals surface area contributed by atoms with Crippen LogP contribution in [0.3, 0.4) is 0 Å². The topological polar surface area (TPSA) is 97.4 Å². The number of ether oxygens (including phenoxy) is 5. The van der Waals surface area contributed by atoms with Crippen molar-refractivity contribution >= 4 is 17.9 Å². The van der Waals surface area contributed by atoms with Crippen LogP contribution in [-0.4, -0.2) is 38.2 Å². The summed E-state index contributed by atoms with van der Waals surface area (Å²) in [4.78, 5) is 36.6. The fourth-order valence-corrected chi connectivity index (χ4v) is 4.08. The third-order valence-electron chi connectivity index (χ3n) is 6.62. The Morgan fingerprint density at radius 3 is 1.79 bits per heavy atom. The number of carbonyl (C=O) groups is 3. The molecule has 0 unspecified atom stereocenters. The zero-order chi connectivity index (χ0) is 31.0. The van der Waals surface area contributed by atoms with E-state index in [1.54, 1.807) is 61.5 Å². The molecule has 0 atom stereocenters. The van der Waals surface area contributed by atoms with Gasteiger partial charge in [-0.2, -0.15) is 0 Å². The van der Waals surface area contributed by atoms with Gasteiger partial charge in [-0.05, 0) is 86.3 Å². The molecule has 0 heterocycles. The molecule has 0 radical (unpaired) electrons. The summed E-state index contributed by atoms with van der Waals surface area (Å²) in [7, 11) is 1.51. The first-order chi connectivity index (χ1) is 20.8. The van der Waals surface area contributed by atoms with Crippen LogP contribution in [0.2, 0.25) is 0 Å². The van der Waals surface area contributed by atoms with Crippen molar-refractivity contribution in [1.82, 2.24) is 0 Å². The SMILES string of the molecule is C=C(C)C(=O)OCCCCCCCCOc1ccc(C(=O)Oc2ccc(C(=O)Oc3ccc(CC)cc3)cc2)cc1OC. The lowest BCUT2D eigenvalue weighted by molar-refractivity contribution is -0.139. The molecule has 3 aromatic carbocycles. The van der Waals surface area contributed by atoms with Crippen molar-refractivity contribution in [2.24, 2.45) is 0 Å². The van der Waals surface area contributed by atoms with Gasteiger partial charge in [0.15, 0.2) is 11.5 Å². The van der Waals surface area contributed by atoms with Gasteiger partial charge in [0.1, 0.15) is 11.5 Å². The summed E-state index contributed by atoms with van der Waals surface area (Å²) in [5.74, 6) is 0.339. The van der Waals surface area contributed by atoms with E-state index in [4.69, 9.17) is 23.7 Å². The summed E-state index contributed by atoms with van der Waals surface area (Å²) in [5.41, 5.74) is 2.21. The summed E-state index contributed by atoms with van der Waals surface area (Å²) >= 11 is 0. The predicted molar refractivity (Wildman–Crippen MR) is 164 cm³/mol. The first-order valence-electron chi connectivity index (χ1n) is 14.6. The molecule has 0 aliphatic heterocycles. The molecule has 3 aromatic rings. The lowest BCUT2D eigenvalue weighted by atomic mass is 10.1. The average molecular weight is 589 g/mol. The van der Waals surface area contributed by atoms with E-state index in [0.29, 0.717) is 52.9 Å². The highest BCUT2D eigenvalue weighted by Gasteiger charge is 2.15. The summed E-state index contributed by atoms with van der Waals surface area (Å²) in [5, 5.41) is 0. The van der Waals surface area contributed by atoms with Crippen LogP contribution in [0, 0.1) is 0 Å². The molecule has 0 saturated heterocycles. The van der Waals surface area contributed by atoms with Gasteiger partial charge >= 0.3 is 17.9 Å². The second-order valence-electron chi connectivity index (χ2n) is 10.1. The smallest absolute Gasteiger partial charge is 0.343 e. The quantitative estimate of drug-likeness (QED) is 0.0691. The highest BCUT2D eigenvalue weighted by molar-refractivity contribution is 5.93. The normalized spacial score (nSPS) is 10.5. The second-order valence-corrected chi connectivity index (χ2v) is 10.1. The van der Waals surface area contributed by atoms with E-state index in [9.17, 15) is 14.4 Å². The largest absolute Gasteiger partial charge is 0.493 e. The number of hydrogen-bond acceptors (Lipinski definition) is 8. The maximum absolute atomic E-state index is 12.8. The minimum absolute atomic E-state index is 0.293. The van der Waals surface area contributed by atoms with Crippen LogP contribution in [0.15, 0.2) is 78.9 Å². The van der Waals surface area contributed by atoms with Gasteiger partial charge in [0.25, 0.3) is 0 Å². The van der Waals surface area contributed by atoms with E-state index < -0.39 is 11.9 Å². The van der Waals surface area contributed by atoms with Crippen LogP contribution in [0.4, 0.5) is 0 Å². The number of rotatable bonds is 17. The van der Waals surface area contributed by atoms with Gasteiger partial charge < -0.3 is 23.7 Å². The van der Waals surface area contributed by atoms with Crippen molar-refractivity contribution in [3.05, 3.63) is 95.6 Å². The van der Waals surface area contributed by atoms with Crippen LogP contribution in [0.1, 0.15) is 78.7 Å². The van der Waals surface area contributed by atoms with Crippen molar-refractivity contribution < 1.29 is 38.1 Å². The van der Waals surface area contributed by atoms with Crippen LogP contribution in [-0.2, 0) is 16.0 Å². The molecule has 3 rings (SSSR count).